The molecule has 0 aromatic heterocycles. The van der Waals surface area contributed by atoms with Crippen LogP contribution in [0.1, 0.15) is 46.0 Å². The molecule has 2 heteroatoms. The predicted octanol–water partition coefficient (Wildman–Crippen LogP) is 2.00. The maximum absolute atomic E-state index is 3.55. The van der Waals surface area contributed by atoms with Crippen LogP contribution in [0.2, 0.25) is 0 Å². The van der Waals surface area contributed by atoms with E-state index in [0.29, 0.717) is 5.54 Å². The van der Waals surface area contributed by atoms with Gasteiger partial charge in [0, 0.05) is 18.1 Å². The van der Waals surface area contributed by atoms with Crippen LogP contribution in [0.5, 0.6) is 0 Å². The van der Waals surface area contributed by atoms with Crippen LogP contribution in [-0.4, -0.2) is 36.1 Å². The van der Waals surface area contributed by atoms with Crippen molar-refractivity contribution < 1.29 is 0 Å². The molecule has 1 N–H and O–H groups in total. The van der Waals surface area contributed by atoms with Crippen molar-refractivity contribution in [3.05, 3.63) is 0 Å². The van der Waals surface area contributed by atoms with Crippen LogP contribution in [0.25, 0.3) is 0 Å². The second-order valence-corrected chi connectivity index (χ2v) is 4.92. The van der Waals surface area contributed by atoms with Crippen LogP contribution in [0.3, 0.4) is 0 Å². The Morgan fingerprint density at radius 2 is 2.07 bits per heavy atom. The van der Waals surface area contributed by atoms with E-state index in [1.807, 2.05) is 0 Å². The normalized spacial score (nSPS) is 33.6. The second-order valence-electron chi connectivity index (χ2n) is 4.92. The van der Waals surface area contributed by atoms with Gasteiger partial charge in [-0.2, -0.15) is 0 Å². The summed E-state index contributed by atoms with van der Waals surface area (Å²) in [6, 6.07) is 0.831. The number of nitrogens with one attached hydrogen (secondary N) is 1. The maximum atomic E-state index is 3.55. The number of hydrogen-bond donors (Lipinski definition) is 1. The summed E-state index contributed by atoms with van der Waals surface area (Å²) in [7, 11) is 0. The lowest BCUT2D eigenvalue weighted by Gasteiger charge is -2.40. The van der Waals surface area contributed by atoms with E-state index in [0.717, 1.165) is 6.04 Å². The van der Waals surface area contributed by atoms with E-state index in [1.54, 1.807) is 0 Å². The summed E-state index contributed by atoms with van der Waals surface area (Å²) in [6.45, 7) is 8.49. The highest BCUT2D eigenvalue weighted by molar-refractivity contribution is 5.03. The van der Waals surface area contributed by atoms with E-state index >= 15 is 0 Å². The zero-order valence-electron chi connectivity index (χ0n) is 9.68. The first kappa shape index (κ1) is 10.4. The molecule has 1 atom stereocenters. The predicted molar refractivity (Wildman–Crippen MR) is 60.5 cm³/mol. The molecule has 0 amide bonds. The molecule has 0 aliphatic carbocycles. The lowest BCUT2D eigenvalue weighted by atomic mass is 9.93. The maximum Gasteiger partial charge on any atom is 0.0349 e. The fourth-order valence-electron chi connectivity index (χ4n) is 3.45. The topological polar surface area (TPSA) is 15.3 Å². The van der Waals surface area contributed by atoms with Gasteiger partial charge in [-0.3, -0.25) is 4.90 Å². The van der Waals surface area contributed by atoms with Gasteiger partial charge >= 0.3 is 0 Å². The molecular weight excluding hydrogens is 172 g/mol. The van der Waals surface area contributed by atoms with Gasteiger partial charge in [0.05, 0.1) is 0 Å². The molecular formula is C12H24N2. The van der Waals surface area contributed by atoms with E-state index in [2.05, 4.69) is 24.1 Å². The second kappa shape index (κ2) is 4.19. The van der Waals surface area contributed by atoms with E-state index in [4.69, 9.17) is 0 Å². The van der Waals surface area contributed by atoms with E-state index in [1.165, 1.54) is 51.7 Å². The molecule has 0 bridgehead atoms. The minimum Gasteiger partial charge on any atom is -0.315 e. The van der Waals surface area contributed by atoms with Gasteiger partial charge in [-0.15, -0.1) is 0 Å². The number of likely N-dealkylation sites (tertiary alicyclic amines) is 1. The molecule has 82 valence electrons. The summed E-state index contributed by atoms with van der Waals surface area (Å²) in [5.41, 5.74) is 0.552. The van der Waals surface area contributed by atoms with Gasteiger partial charge in [-0.25, -0.2) is 0 Å². The number of hydrogen-bond acceptors (Lipinski definition) is 2. The van der Waals surface area contributed by atoms with Crippen LogP contribution in [-0.2, 0) is 0 Å². The number of nitrogens with zero attached hydrogens (tertiary/aromatic N) is 1. The SMILES string of the molecule is CCC(CC)N1CCCC12CCNC2. The summed E-state index contributed by atoms with van der Waals surface area (Å²) >= 11 is 0. The Labute approximate surface area is 88.1 Å². The van der Waals surface area contributed by atoms with Crippen molar-refractivity contribution in [2.45, 2.75) is 57.5 Å². The van der Waals surface area contributed by atoms with Crippen molar-refractivity contribution in [1.82, 2.24) is 10.2 Å². The molecule has 1 spiro atoms. The smallest absolute Gasteiger partial charge is 0.0349 e. The van der Waals surface area contributed by atoms with Gasteiger partial charge in [-0.1, -0.05) is 13.8 Å². The lowest BCUT2D eigenvalue weighted by molar-refractivity contribution is 0.0951. The van der Waals surface area contributed by atoms with Crippen molar-refractivity contribution in [2.24, 2.45) is 0 Å². The van der Waals surface area contributed by atoms with Crippen LogP contribution in [0.4, 0.5) is 0 Å². The average Bonchev–Trinajstić information content (AvgIpc) is 2.81. The first-order chi connectivity index (χ1) is 6.82. The molecule has 2 nitrogen and oxygen atoms in total. The zero-order chi connectivity index (χ0) is 10.0. The molecule has 2 saturated heterocycles. The Morgan fingerprint density at radius 3 is 2.64 bits per heavy atom. The largest absolute Gasteiger partial charge is 0.315 e. The van der Waals surface area contributed by atoms with Gasteiger partial charge < -0.3 is 5.32 Å². The average molecular weight is 196 g/mol. The van der Waals surface area contributed by atoms with Gasteiger partial charge in [0.25, 0.3) is 0 Å². The fraction of sp³-hybridized carbons (Fsp3) is 1.00. The molecule has 0 saturated carbocycles. The highest BCUT2D eigenvalue weighted by atomic mass is 15.3. The minimum atomic E-state index is 0.552. The first-order valence-electron chi connectivity index (χ1n) is 6.30. The van der Waals surface area contributed by atoms with E-state index < -0.39 is 0 Å². The Bertz CT molecular complexity index is 175. The van der Waals surface area contributed by atoms with E-state index in [9.17, 15) is 0 Å². The molecule has 1 unspecified atom stereocenters. The molecule has 2 aliphatic rings. The minimum absolute atomic E-state index is 0.552. The van der Waals surface area contributed by atoms with Crippen molar-refractivity contribution >= 4 is 0 Å². The van der Waals surface area contributed by atoms with Crippen LogP contribution in [0.15, 0.2) is 0 Å². The Hall–Kier alpha value is -0.0800. The van der Waals surface area contributed by atoms with Crippen LogP contribution >= 0.6 is 0 Å². The molecule has 0 aromatic rings. The van der Waals surface area contributed by atoms with Gasteiger partial charge in [0.2, 0.25) is 0 Å². The first-order valence-corrected chi connectivity index (χ1v) is 6.30. The van der Waals surface area contributed by atoms with Crippen LogP contribution < -0.4 is 5.32 Å². The molecule has 2 heterocycles. The summed E-state index contributed by atoms with van der Waals surface area (Å²) in [5, 5.41) is 3.55. The molecule has 0 radical (unpaired) electrons. The Balaban J connectivity index is 2.09. The molecule has 2 fully saturated rings. The summed E-state index contributed by atoms with van der Waals surface area (Å²) in [6.07, 6.45) is 6.86. The quantitative estimate of drug-likeness (QED) is 0.743. The molecule has 0 aromatic carbocycles. The van der Waals surface area contributed by atoms with Gasteiger partial charge in [0.15, 0.2) is 0 Å². The zero-order valence-corrected chi connectivity index (χ0v) is 9.68. The summed E-state index contributed by atoms with van der Waals surface area (Å²) in [4.78, 5) is 2.81. The summed E-state index contributed by atoms with van der Waals surface area (Å²) < 4.78 is 0. The molecule has 14 heavy (non-hydrogen) atoms. The van der Waals surface area contributed by atoms with Crippen molar-refractivity contribution in [3.63, 3.8) is 0 Å². The Morgan fingerprint density at radius 1 is 1.29 bits per heavy atom. The highest BCUT2D eigenvalue weighted by Gasteiger charge is 2.44. The lowest BCUT2D eigenvalue weighted by Crippen LogP contribution is -2.50. The monoisotopic (exact) mass is 196 g/mol. The number of rotatable bonds is 3. The van der Waals surface area contributed by atoms with Crippen molar-refractivity contribution in [2.75, 3.05) is 19.6 Å². The molecule has 2 rings (SSSR count). The van der Waals surface area contributed by atoms with E-state index in [-0.39, 0.29) is 0 Å². The standard InChI is InChI=1S/C12H24N2/c1-3-11(4-2)14-9-5-6-12(14)7-8-13-10-12/h11,13H,3-10H2,1-2H3. The van der Waals surface area contributed by atoms with Crippen molar-refractivity contribution in [3.8, 4) is 0 Å². The summed E-state index contributed by atoms with van der Waals surface area (Å²) in [5.74, 6) is 0. The molecule has 2 aliphatic heterocycles. The third-order valence-electron chi connectivity index (χ3n) is 4.25. The van der Waals surface area contributed by atoms with Gasteiger partial charge in [-0.05, 0) is 45.2 Å². The third-order valence-corrected chi connectivity index (χ3v) is 4.25. The Kier molecular flexibility index (Phi) is 3.13. The highest BCUT2D eigenvalue weighted by Crippen LogP contribution is 2.37. The van der Waals surface area contributed by atoms with Crippen LogP contribution in [0, 0.1) is 0 Å². The van der Waals surface area contributed by atoms with Gasteiger partial charge in [0.1, 0.15) is 0 Å². The van der Waals surface area contributed by atoms with Crippen molar-refractivity contribution in [1.29, 1.82) is 0 Å². The third kappa shape index (κ3) is 1.59. The fourth-order valence-corrected chi connectivity index (χ4v) is 3.45.